The summed E-state index contributed by atoms with van der Waals surface area (Å²) in [4.78, 5) is 20.9. The number of ketones is 1. The molecule has 0 saturated carbocycles. The van der Waals surface area contributed by atoms with Gasteiger partial charge in [-0.15, -0.1) is 0 Å². The molecule has 0 unspecified atom stereocenters. The van der Waals surface area contributed by atoms with Crippen LogP contribution >= 0.6 is 15.9 Å². The van der Waals surface area contributed by atoms with E-state index in [1.807, 2.05) is 37.3 Å². The van der Waals surface area contributed by atoms with Gasteiger partial charge in [-0.1, -0.05) is 6.07 Å². The van der Waals surface area contributed by atoms with Crippen LogP contribution in [0.2, 0.25) is 0 Å². The van der Waals surface area contributed by atoms with Crippen LogP contribution in [0.5, 0.6) is 0 Å². The number of rotatable bonds is 2. The molecule has 0 aliphatic rings. The molecule has 3 rings (SSSR count). The first kappa shape index (κ1) is 12.9. The molecule has 98 valence electrons. The highest BCUT2D eigenvalue weighted by Gasteiger charge is 2.11. The smallest absolute Gasteiger partial charge is 0.211 e. The molecule has 0 amide bonds. The standard InChI is InChI=1S/C16H11BrN2O/c1-10-2-3-11-8-12(4-6-14(11)19-10)16(20)15-7-5-13(17)9-18-15/h2-9H,1H3. The molecule has 4 heteroatoms. The molecule has 0 fully saturated rings. The van der Waals surface area contributed by atoms with Gasteiger partial charge >= 0.3 is 0 Å². The molecule has 2 heterocycles. The van der Waals surface area contributed by atoms with Crippen molar-refractivity contribution in [3.63, 3.8) is 0 Å². The fourth-order valence-electron chi connectivity index (χ4n) is 2.03. The second-order valence-corrected chi connectivity index (χ2v) is 5.47. The summed E-state index contributed by atoms with van der Waals surface area (Å²) >= 11 is 3.31. The Labute approximate surface area is 124 Å². The highest BCUT2D eigenvalue weighted by Crippen LogP contribution is 2.17. The van der Waals surface area contributed by atoms with Gasteiger partial charge in [0.1, 0.15) is 5.69 Å². The van der Waals surface area contributed by atoms with Crippen molar-refractivity contribution < 1.29 is 4.79 Å². The zero-order chi connectivity index (χ0) is 14.1. The van der Waals surface area contributed by atoms with Gasteiger partial charge < -0.3 is 0 Å². The van der Waals surface area contributed by atoms with E-state index in [1.54, 1.807) is 18.3 Å². The van der Waals surface area contributed by atoms with E-state index in [-0.39, 0.29) is 5.78 Å². The number of aromatic nitrogens is 2. The molecule has 0 saturated heterocycles. The SMILES string of the molecule is Cc1ccc2cc(C(=O)c3ccc(Br)cn3)ccc2n1. The molecule has 0 atom stereocenters. The van der Waals surface area contributed by atoms with Crippen LogP contribution in [0.1, 0.15) is 21.7 Å². The topological polar surface area (TPSA) is 42.9 Å². The largest absolute Gasteiger partial charge is 0.287 e. The Morgan fingerprint density at radius 2 is 1.95 bits per heavy atom. The molecule has 0 bridgehead atoms. The Kier molecular flexibility index (Phi) is 3.32. The van der Waals surface area contributed by atoms with Crippen LogP contribution in [-0.4, -0.2) is 15.8 Å². The van der Waals surface area contributed by atoms with E-state index in [0.29, 0.717) is 11.3 Å². The van der Waals surface area contributed by atoms with Gasteiger partial charge in [-0.05, 0) is 59.3 Å². The second kappa shape index (κ2) is 5.13. The molecule has 0 aliphatic heterocycles. The van der Waals surface area contributed by atoms with Crippen molar-refractivity contribution in [3.05, 3.63) is 70.1 Å². The Morgan fingerprint density at radius 1 is 1.10 bits per heavy atom. The van der Waals surface area contributed by atoms with Crippen LogP contribution in [0.4, 0.5) is 0 Å². The molecular formula is C16H11BrN2O. The highest BCUT2D eigenvalue weighted by atomic mass is 79.9. The maximum atomic E-state index is 12.4. The number of carbonyl (C=O) groups is 1. The number of nitrogens with zero attached hydrogens (tertiary/aromatic N) is 2. The summed E-state index contributed by atoms with van der Waals surface area (Å²) in [6.07, 6.45) is 1.62. The highest BCUT2D eigenvalue weighted by molar-refractivity contribution is 9.10. The average Bonchev–Trinajstić information content (AvgIpc) is 2.47. The predicted octanol–water partition coefficient (Wildman–Crippen LogP) is 3.93. The summed E-state index contributed by atoms with van der Waals surface area (Å²) in [6.45, 7) is 1.95. The predicted molar refractivity (Wildman–Crippen MR) is 81.8 cm³/mol. The fraction of sp³-hybridized carbons (Fsp3) is 0.0625. The minimum Gasteiger partial charge on any atom is -0.287 e. The summed E-state index contributed by atoms with van der Waals surface area (Å²) < 4.78 is 0.854. The number of hydrogen-bond acceptors (Lipinski definition) is 3. The van der Waals surface area contributed by atoms with Crippen molar-refractivity contribution in [2.75, 3.05) is 0 Å². The number of pyridine rings is 2. The van der Waals surface area contributed by atoms with Crippen molar-refractivity contribution in [2.45, 2.75) is 6.92 Å². The normalized spacial score (nSPS) is 10.7. The van der Waals surface area contributed by atoms with Crippen LogP contribution in [0.3, 0.4) is 0 Å². The van der Waals surface area contributed by atoms with Gasteiger partial charge in [0.25, 0.3) is 0 Å². The summed E-state index contributed by atoms with van der Waals surface area (Å²) in [7, 11) is 0. The first-order chi connectivity index (χ1) is 9.63. The summed E-state index contributed by atoms with van der Waals surface area (Å²) in [5, 5.41) is 0.957. The quantitative estimate of drug-likeness (QED) is 0.670. The van der Waals surface area contributed by atoms with Crippen LogP contribution < -0.4 is 0 Å². The van der Waals surface area contributed by atoms with E-state index >= 15 is 0 Å². The number of carbonyl (C=O) groups excluding carboxylic acids is 1. The lowest BCUT2D eigenvalue weighted by Crippen LogP contribution is -2.03. The van der Waals surface area contributed by atoms with E-state index in [2.05, 4.69) is 25.9 Å². The van der Waals surface area contributed by atoms with Gasteiger partial charge in [0, 0.05) is 27.3 Å². The summed E-state index contributed by atoms with van der Waals surface area (Å²) in [5.74, 6) is -0.0834. The third kappa shape index (κ3) is 2.47. The minimum absolute atomic E-state index is 0.0834. The number of benzene rings is 1. The van der Waals surface area contributed by atoms with Crippen molar-refractivity contribution in [1.82, 2.24) is 9.97 Å². The molecule has 0 N–H and O–H groups in total. The lowest BCUT2D eigenvalue weighted by molar-refractivity contribution is 0.103. The third-order valence-electron chi connectivity index (χ3n) is 3.05. The Bertz CT molecular complexity index is 797. The van der Waals surface area contributed by atoms with E-state index in [1.165, 1.54) is 0 Å². The van der Waals surface area contributed by atoms with Crippen LogP contribution in [0.25, 0.3) is 10.9 Å². The zero-order valence-electron chi connectivity index (χ0n) is 10.8. The molecule has 3 aromatic rings. The van der Waals surface area contributed by atoms with Crippen molar-refractivity contribution in [1.29, 1.82) is 0 Å². The maximum absolute atomic E-state index is 12.4. The number of fused-ring (bicyclic) bond motifs is 1. The van der Waals surface area contributed by atoms with Crippen molar-refractivity contribution >= 4 is 32.6 Å². The fourth-order valence-corrected chi connectivity index (χ4v) is 2.26. The van der Waals surface area contributed by atoms with Crippen LogP contribution in [0.15, 0.2) is 53.1 Å². The lowest BCUT2D eigenvalue weighted by Gasteiger charge is -2.03. The average molecular weight is 327 g/mol. The monoisotopic (exact) mass is 326 g/mol. The number of hydrogen-bond donors (Lipinski definition) is 0. The third-order valence-corrected chi connectivity index (χ3v) is 3.52. The first-order valence-electron chi connectivity index (χ1n) is 6.17. The Balaban J connectivity index is 2.03. The second-order valence-electron chi connectivity index (χ2n) is 4.55. The zero-order valence-corrected chi connectivity index (χ0v) is 12.4. The molecule has 3 nitrogen and oxygen atoms in total. The van der Waals surface area contributed by atoms with E-state index in [0.717, 1.165) is 21.1 Å². The van der Waals surface area contributed by atoms with Crippen molar-refractivity contribution in [2.24, 2.45) is 0 Å². The summed E-state index contributed by atoms with van der Waals surface area (Å²) in [5.41, 5.74) is 2.92. The molecule has 0 radical (unpaired) electrons. The molecule has 20 heavy (non-hydrogen) atoms. The Morgan fingerprint density at radius 3 is 2.70 bits per heavy atom. The van der Waals surface area contributed by atoms with Gasteiger partial charge in [0.2, 0.25) is 5.78 Å². The van der Waals surface area contributed by atoms with Gasteiger partial charge in [0.15, 0.2) is 0 Å². The lowest BCUT2D eigenvalue weighted by atomic mass is 10.0. The molecule has 1 aromatic carbocycles. The van der Waals surface area contributed by atoms with Gasteiger partial charge in [-0.3, -0.25) is 14.8 Å². The van der Waals surface area contributed by atoms with E-state index < -0.39 is 0 Å². The van der Waals surface area contributed by atoms with Crippen molar-refractivity contribution in [3.8, 4) is 0 Å². The minimum atomic E-state index is -0.0834. The van der Waals surface area contributed by atoms with E-state index in [9.17, 15) is 4.79 Å². The summed E-state index contributed by atoms with van der Waals surface area (Å²) in [6, 6.07) is 13.0. The van der Waals surface area contributed by atoms with Gasteiger partial charge in [-0.25, -0.2) is 0 Å². The maximum Gasteiger partial charge on any atom is 0.211 e. The van der Waals surface area contributed by atoms with Crippen LogP contribution in [0, 0.1) is 6.92 Å². The molecule has 2 aromatic heterocycles. The number of halogens is 1. The van der Waals surface area contributed by atoms with E-state index in [4.69, 9.17) is 0 Å². The van der Waals surface area contributed by atoms with Gasteiger partial charge in [-0.2, -0.15) is 0 Å². The first-order valence-corrected chi connectivity index (χ1v) is 6.96. The van der Waals surface area contributed by atoms with Gasteiger partial charge in [0.05, 0.1) is 5.52 Å². The molecule has 0 spiro atoms. The van der Waals surface area contributed by atoms with Crippen LogP contribution in [-0.2, 0) is 0 Å². The number of aryl methyl sites for hydroxylation is 1. The molecule has 0 aliphatic carbocycles. The molecular weight excluding hydrogens is 316 g/mol. The Hall–Kier alpha value is -2.07.